The largest absolute Gasteiger partial charge is 0.472 e. The van der Waals surface area contributed by atoms with Crippen molar-refractivity contribution in [1.82, 2.24) is 0 Å². The Labute approximate surface area is 329 Å². The van der Waals surface area contributed by atoms with Crippen LogP contribution >= 0.6 is 7.82 Å². The van der Waals surface area contributed by atoms with E-state index >= 15 is 0 Å². The van der Waals surface area contributed by atoms with Crippen LogP contribution in [-0.2, 0) is 32.7 Å². The summed E-state index contributed by atoms with van der Waals surface area (Å²) >= 11 is 0. The molecule has 55 heavy (non-hydrogen) atoms. The highest BCUT2D eigenvalue weighted by molar-refractivity contribution is 7.47. The van der Waals surface area contributed by atoms with Gasteiger partial charge >= 0.3 is 19.8 Å². The first-order valence-electron chi connectivity index (χ1n) is 20.8. The molecular formula is C41H73O13P. The molecule has 0 aromatic carbocycles. The fourth-order valence-corrected chi connectivity index (χ4v) is 7.09. The van der Waals surface area contributed by atoms with Gasteiger partial charge in [0.05, 0.1) is 6.61 Å². The van der Waals surface area contributed by atoms with Gasteiger partial charge in [-0.1, -0.05) is 141 Å². The molecule has 0 spiro atoms. The quantitative estimate of drug-likeness (QED) is 0.00982. The maximum atomic E-state index is 12.7. The van der Waals surface area contributed by atoms with Crippen LogP contribution in [0.25, 0.3) is 0 Å². The van der Waals surface area contributed by atoms with E-state index in [-0.39, 0.29) is 6.42 Å². The minimum absolute atomic E-state index is 0.0665. The normalized spacial score (nSPS) is 23.4. The first-order chi connectivity index (χ1) is 26.4. The Kier molecular flexibility index (Phi) is 29.8. The van der Waals surface area contributed by atoms with Crippen molar-refractivity contribution in [3.05, 3.63) is 36.5 Å². The molecule has 1 fully saturated rings. The van der Waals surface area contributed by atoms with E-state index in [1.54, 1.807) is 6.08 Å². The van der Waals surface area contributed by atoms with E-state index in [9.17, 15) is 44.6 Å². The van der Waals surface area contributed by atoms with Crippen LogP contribution in [0.4, 0.5) is 0 Å². The Bertz CT molecular complexity index is 1110. The van der Waals surface area contributed by atoms with Gasteiger partial charge in [0, 0.05) is 12.5 Å². The standard InChI is InChI=1S/C41H73O13P/c1-3-5-7-9-11-13-15-16-17-18-20-21-23-25-27-29-34(42)51-31-33(53-35(43)30-28-26-24-22-19-14-12-10-8-6-4-2)32-52-55(49,50)54-41-39(47)37(45)36(44)38(46)40(41)48/h10,12,23,25,27,29,33,36-41,44-48H,3-9,11,13-22,24,26,28,30-32H2,1-2H3,(H,49,50)/b12-10+,25-23+,29-27+/t33-,36?,37-,38?,39?,40?,41?/m1/s1. The Balaban J connectivity index is 2.56. The summed E-state index contributed by atoms with van der Waals surface area (Å²) in [5.74, 6) is -1.37. The van der Waals surface area contributed by atoms with E-state index in [1.165, 1.54) is 82.8 Å². The molecule has 0 amide bonds. The van der Waals surface area contributed by atoms with Gasteiger partial charge in [-0.15, -0.1) is 0 Å². The molecule has 0 heterocycles. The molecule has 6 N–H and O–H groups in total. The van der Waals surface area contributed by atoms with E-state index in [4.69, 9.17) is 18.5 Å². The molecule has 320 valence electrons. The molecule has 0 aromatic heterocycles. The summed E-state index contributed by atoms with van der Waals surface area (Å²) in [6.07, 6.45) is 21.4. The van der Waals surface area contributed by atoms with Crippen LogP contribution < -0.4 is 0 Å². The number of hydrogen-bond donors (Lipinski definition) is 6. The number of allylic oxidation sites excluding steroid dienone is 5. The van der Waals surface area contributed by atoms with Crippen molar-refractivity contribution in [2.45, 2.75) is 198 Å². The van der Waals surface area contributed by atoms with Crippen LogP contribution in [0.2, 0.25) is 0 Å². The molecule has 6 unspecified atom stereocenters. The molecule has 0 aromatic rings. The molecular weight excluding hydrogens is 731 g/mol. The zero-order valence-electron chi connectivity index (χ0n) is 33.5. The van der Waals surface area contributed by atoms with Gasteiger partial charge in [0.2, 0.25) is 0 Å². The SMILES string of the molecule is CCCC/C=C/CCCCCCCC(=O)O[C@H](COC(=O)/C=C/C=C/CCCCCCCCCCCCC)COP(=O)(O)OC1C(O)C(O)C(O)[C@@H](O)C1O. The molecule has 1 saturated carbocycles. The minimum Gasteiger partial charge on any atom is -0.458 e. The number of phosphoric ester groups is 1. The summed E-state index contributed by atoms with van der Waals surface area (Å²) in [7, 11) is -5.13. The summed E-state index contributed by atoms with van der Waals surface area (Å²) in [4.78, 5) is 35.4. The molecule has 0 bridgehead atoms. The first-order valence-corrected chi connectivity index (χ1v) is 22.3. The fourth-order valence-electron chi connectivity index (χ4n) is 6.12. The molecule has 0 aliphatic heterocycles. The van der Waals surface area contributed by atoms with E-state index in [1.807, 2.05) is 6.08 Å². The Morgan fingerprint density at radius 2 is 1.07 bits per heavy atom. The number of aliphatic hydroxyl groups excluding tert-OH is 5. The van der Waals surface area contributed by atoms with E-state index in [2.05, 4.69) is 26.0 Å². The number of aliphatic hydroxyl groups is 5. The Morgan fingerprint density at radius 1 is 0.600 bits per heavy atom. The van der Waals surface area contributed by atoms with Crippen molar-refractivity contribution in [2.24, 2.45) is 0 Å². The lowest BCUT2D eigenvalue weighted by Crippen LogP contribution is -2.64. The Hall–Kier alpha value is -1.93. The minimum atomic E-state index is -5.13. The van der Waals surface area contributed by atoms with Crippen LogP contribution in [0.1, 0.15) is 155 Å². The van der Waals surface area contributed by atoms with Crippen LogP contribution in [0.15, 0.2) is 36.5 Å². The smallest absolute Gasteiger partial charge is 0.458 e. The summed E-state index contributed by atoms with van der Waals surface area (Å²) in [6.45, 7) is 3.11. The number of ether oxygens (including phenoxy) is 2. The van der Waals surface area contributed by atoms with Crippen LogP contribution in [-0.4, -0.2) is 98.3 Å². The highest BCUT2D eigenvalue weighted by Crippen LogP contribution is 2.47. The van der Waals surface area contributed by atoms with Gasteiger partial charge in [-0.2, -0.15) is 0 Å². The van der Waals surface area contributed by atoms with Crippen LogP contribution in [0.5, 0.6) is 0 Å². The number of unbranched alkanes of at least 4 members (excludes halogenated alkanes) is 18. The number of hydrogen-bond acceptors (Lipinski definition) is 12. The molecule has 1 rings (SSSR count). The van der Waals surface area contributed by atoms with Gasteiger partial charge < -0.3 is 39.9 Å². The zero-order valence-corrected chi connectivity index (χ0v) is 34.4. The predicted octanol–water partition coefficient (Wildman–Crippen LogP) is 7.05. The topological polar surface area (TPSA) is 210 Å². The number of phosphoric acid groups is 1. The molecule has 8 atom stereocenters. The number of carbonyl (C=O) groups is 2. The third-order valence-electron chi connectivity index (χ3n) is 9.56. The van der Waals surface area contributed by atoms with Gasteiger partial charge in [-0.05, 0) is 38.5 Å². The Morgan fingerprint density at radius 3 is 1.64 bits per heavy atom. The van der Waals surface area contributed by atoms with Gasteiger partial charge in [0.1, 0.15) is 43.2 Å². The van der Waals surface area contributed by atoms with Gasteiger partial charge in [0.25, 0.3) is 0 Å². The average molecular weight is 805 g/mol. The first kappa shape index (κ1) is 51.1. The second-order valence-electron chi connectivity index (χ2n) is 14.6. The van der Waals surface area contributed by atoms with Crippen molar-refractivity contribution >= 4 is 19.8 Å². The monoisotopic (exact) mass is 804 g/mol. The zero-order chi connectivity index (χ0) is 40.7. The van der Waals surface area contributed by atoms with Crippen molar-refractivity contribution in [3.8, 4) is 0 Å². The number of rotatable bonds is 33. The maximum absolute atomic E-state index is 12.7. The van der Waals surface area contributed by atoms with Gasteiger partial charge in [-0.25, -0.2) is 9.36 Å². The van der Waals surface area contributed by atoms with E-state index in [0.717, 1.165) is 57.8 Å². The summed E-state index contributed by atoms with van der Waals surface area (Å²) in [6, 6.07) is 0. The molecule has 1 aliphatic rings. The molecule has 1 aliphatic carbocycles. The summed E-state index contributed by atoms with van der Waals surface area (Å²) < 4.78 is 33.2. The fraction of sp³-hybridized carbons (Fsp3) is 0.805. The van der Waals surface area contributed by atoms with Gasteiger partial charge in [-0.3, -0.25) is 13.8 Å². The molecule has 0 saturated heterocycles. The van der Waals surface area contributed by atoms with E-state index in [0.29, 0.717) is 6.42 Å². The van der Waals surface area contributed by atoms with Crippen LogP contribution in [0.3, 0.4) is 0 Å². The van der Waals surface area contributed by atoms with Crippen LogP contribution in [0, 0.1) is 0 Å². The second kappa shape index (κ2) is 32.1. The number of esters is 2. The molecule has 0 radical (unpaired) electrons. The molecule has 13 nitrogen and oxygen atoms in total. The summed E-state index contributed by atoms with van der Waals surface area (Å²) in [5, 5.41) is 49.9. The van der Waals surface area contributed by atoms with E-state index < -0.39 is 75.7 Å². The van der Waals surface area contributed by atoms with Crippen molar-refractivity contribution < 1.29 is 63.1 Å². The van der Waals surface area contributed by atoms with Crippen molar-refractivity contribution in [1.29, 1.82) is 0 Å². The lowest BCUT2D eigenvalue weighted by molar-refractivity contribution is -0.220. The average Bonchev–Trinajstić information content (AvgIpc) is 3.16. The van der Waals surface area contributed by atoms with Crippen molar-refractivity contribution in [3.63, 3.8) is 0 Å². The highest BCUT2D eigenvalue weighted by Gasteiger charge is 2.51. The lowest BCUT2D eigenvalue weighted by atomic mass is 9.85. The maximum Gasteiger partial charge on any atom is 0.472 e. The third kappa shape index (κ3) is 25.1. The third-order valence-corrected chi connectivity index (χ3v) is 10.5. The molecule has 14 heteroatoms. The number of carbonyl (C=O) groups excluding carboxylic acids is 2. The van der Waals surface area contributed by atoms with Crippen molar-refractivity contribution in [2.75, 3.05) is 13.2 Å². The lowest BCUT2D eigenvalue weighted by Gasteiger charge is -2.41. The predicted molar refractivity (Wildman–Crippen MR) is 212 cm³/mol. The van der Waals surface area contributed by atoms with Gasteiger partial charge in [0.15, 0.2) is 6.10 Å². The second-order valence-corrected chi connectivity index (χ2v) is 16.0. The summed E-state index contributed by atoms with van der Waals surface area (Å²) in [5.41, 5.74) is 0. The highest BCUT2D eigenvalue weighted by atomic mass is 31.2.